The molecule has 148 valence electrons. The lowest BCUT2D eigenvalue weighted by molar-refractivity contribution is -0.145. The number of fused-ring (bicyclic) bond motifs is 1. The molecule has 1 aromatic carbocycles. The summed E-state index contributed by atoms with van der Waals surface area (Å²) in [4.78, 5) is 40.7. The van der Waals surface area contributed by atoms with Crippen molar-refractivity contribution < 1.29 is 45.6 Å². The molecular formula is C15H7F6N3O4. The molecule has 1 aliphatic rings. The molecule has 0 aliphatic carbocycles. The molecule has 0 atom stereocenters. The van der Waals surface area contributed by atoms with Gasteiger partial charge >= 0.3 is 18.3 Å². The van der Waals surface area contributed by atoms with Gasteiger partial charge in [-0.1, -0.05) is 17.2 Å². The lowest BCUT2D eigenvalue weighted by Gasteiger charge is -2.15. The Bertz CT molecular complexity index is 973. The van der Waals surface area contributed by atoms with Gasteiger partial charge in [0, 0.05) is 7.05 Å². The Balaban J connectivity index is 2.05. The number of imide groups is 1. The average molecular weight is 407 g/mol. The van der Waals surface area contributed by atoms with Gasteiger partial charge in [0.05, 0.1) is 11.1 Å². The predicted octanol–water partition coefficient (Wildman–Crippen LogP) is 2.83. The first-order chi connectivity index (χ1) is 12.8. The van der Waals surface area contributed by atoms with Gasteiger partial charge in [0.15, 0.2) is 11.4 Å². The molecule has 0 radical (unpaired) electrons. The molecule has 3 rings (SSSR count). The summed E-state index contributed by atoms with van der Waals surface area (Å²) >= 11 is 0. The summed E-state index contributed by atoms with van der Waals surface area (Å²) in [5.41, 5.74) is -6.61. The summed E-state index contributed by atoms with van der Waals surface area (Å²) in [6, 6.07) is 5.07. The Kier molecular flexibility index (Phi) is 4.20. The monoisotopic (exact) mass is 407 g/mol. The Hall–Kier alpha value is -3.38. The van der Waals surface area contributed by atoms with E-state index in [1.54, 1.807) is 0 Å². The highest BCUT2D eigenvalue weighted by atomic mass is 19.4. The molecule has 1 aromatic heterocycles. The fourth-order valence-electron chi connectivity index (χ4n) is 2.62. The molecule has 2 amide bonds. The maximum atomic E-state index is 13.2. The van der Waals surface area contributed by atoms with Gasteiger partial charge in [-0.05, 0) is 12.1 Å². The van der Waals surface area contributed by atoms with Crippen LogP contribution >= 0.6 is 0 Å². The number of aryl methyl sites for hydroxylation is 1. The van der Waals surface area contributed by atoms with Crippen molar-refractivity contribution in [3.8, 4) is 0 Å². The average Bonchev–Trinajstić information content (AvgIpc) is 3.06. The number of hydrogen-bond acceptors (Lipinski definition) is 5. The Labute approximate surface area is 151 Å². The maximum absolute atomic E-state index is 13.2. The first-order valence-electron chi connectivity index (χ1n) is 7.25. The first kappa shape index (κ1) is 19.4. The van der Waals surface area contributed by atoms with Gasteiger partial charge in [-0.2, -0.15) is 31.4 Å². The fraction of sp³-hybridized carbons (Fsp3) is 0.200. The van der Waals surface area contributed by atoms with E-state index in [-0.39, 0.29) is 20.9 Å². The van der Waals surface area contributed by atoms with Gasteiger partial charge in [0.1, 0.15) is 5.56 Å². The van der Waals surface area contributed by atoms with Gasteiger partial charge in [-0.25, -0.2) is 4.79 Å². The number of benzene rings is 1. The molecule has 0 N–H and O–H groups in total. The molecule has 0 fully saturated rings. The van der Waals surface area contributed by atoms with Crippen molar-refractivity contribution in [3.05, 3.63) is 52.3 Å². The number of hydrogen-bond donors (Lipinski definition) is 0. The number of amides is 2. The van der Waals surface area contributed by atoms with Crippen molar-refractivity contribution in [2.45, 2.75) is 12.4 Å². The minimum Gasteiger partial charge on any atom is -0.324 e. The van der Waals surface area contributed by atoms with Crippen molar-refractivity contribution >= 4 is 17.8 Å². The Morgan fingerprint density at radius 2 is 1.46 bits per heavy atom. The largest absolute Gasteiger partial charge is 0.436 e. The van der Waals surface area contributed by atoms with Gasteiger partial charge in [-0.3, -0.25) is 14.3 Å². The molecule has 7 nitrogen and oxygen atoms in total. The van der Waals surface area contributed by atoms with Gasteiger partial charge in [-0.15, -0.1) is 0 Å². The molecule has 0 bridgehead atoms. The number of rotatable bonds is 2. The first-order valence-corrected chi connectivity index (χ1v) is 7.25. The second-order valence-electron chi connectivity index (χ2n) is 5.52. The van der Waals surface area contributed by atoms with Crippen molar-refractivity contribution in [2.24, 2.45) is 7.05 Å². The number of carbonyl (C=O) groups is 3. The van der Waals surface area contributed by atoms with Crippen LogP contribution in [0.1, 0.15) is 42.5 Å². The summed E-state index contributed by atoms with van der Waals surface area (Å²) in [6.45, 7) is 0. The standard InChI is InChI=1S/C15H7F6N3O4/c1-23-10(15(19,20)21)8(9(22-23)14(16,17)18)13(27)28-24-11(25)6-4-2-3-5-7(6)12(24)26/h2-5H,1H3. The summed E-state index contributed by atoms with van der Waals surface area (Å²) in [5.74, 6) is -4.62. The van der Waals surface area contributed by atoms with Crippen LogP contribution in [0.25, 0.3) is 0 Å². The van der Waals surface area contributed by atoms with Crippen molar-refractivity contribution in [2.75, 3.05) is 0 Å². The normalized spacial score (nSPS) is 14.5. The van der Waals surface area contributed by atoms with E-state index in [1.165, 1.54) is 24.3 Å². The fourth-order valence-corrected chi connectivity index (χ4v) is 2.62. The number of aromatic nitrogens is 2. The van der Waals surface area contributed by atoms with E-state index in [0.717, 1.165) is 0 Å². The molecule has 28 heavy (non-hydrogen) atoms. The number of carbonyl (C=O) groups excluding carboxylic acids is 3. The maximum Gasteiger partial charge on any atom is 0.436 e. The molecule has 2 aromatic rings. The van der Waals surface area contributed by atoms with E-state index >= 15 is 0 Å². The van der Waals surface area contributed by atoms with E-state index in [1.807, 2.05) is 0 Å². The highest BCUT2D eigenvalue weighted by molar-refractivity contribution is 6.21. The zero-order chi connectivity index (χ0) is 21.0. The lowest BCUT2D eigenvalue weighted by atomic mass is 10.1. The molecule has 13 heteroatoms. The number of halogens is 6. The van der Waals surface area contributed by atoms with Crippen LogP contribution in [0.15, 0.2) is 24.3 Å². The summed E-state index contributed by atoms with van der Waals surface area (Å²) in [6.07, 6.45) is -10.8. The Morgan fingerprint density at radius 3 is 1.89 bits per heavy atom. The third kappa shape index (κ3) is 2.97. The van der Waals surface area contributed by atoms with E-state index in [2.05, 4.69) is 9.94 Å². The van der Waals surface area contributed by atoms with Crippen LogP contribution in [0.4, 0.5) is 26.3 Å². The summed E-state index contributed by atoms with van der Waals surface area (Å²) < 4.78 is 78.6. The molecule has 0 unspecified atom stereocenters. The molecular weight excluding hydrogens is 400 g/mol. The van der Waals surface area contributed by atoms with Gasteiger partial charge < -0.3 is 4.84 Å². The van der Waals surface area contributed by atoms with Crippen molar-refractivity contribution in [1.29, 1.82) is 0 Å². The number of hydroxylamine groups is 2. The van der Waals surface area contributed by atoms with Crippen LogP contribution in [0.2, 0.25) is 0 Å². The predicted molar refractivity (Wildman–Crippen MR) is 75.6 cm³/mol. The topological polar surface area (TPSA) is 81.5 Å². The molecule has 0 spiro atoms. The van der Waals surface area contributed by atoms with Crippen LogP contribution in [-0.4, -0.2) is 32.6 Å². The summed E-state index contributed by atoms with van der Waals surface area (Å²) in [5, 5.41) is 2.51. The van der Waals surface area contributed by atoms with E-state index in [0.29, 0.717) is 7.05 Å². The van der Waals surface area contributed by atoms with Gasteiger partial charge in [0.2, 0.25) is 0 Å². The van der Waals surface area contributed by atoms with E-state index in [9.17, 15) is 40.7 Å². The Morgan fingerprint density at radius 1 is 0.964 bits per heavy atom. The zero-order valence-corrected chi connectivity index (χ0v) is 13.6. The lowest BCUT2D eigenvalue weighted by Crippen LogP contribution is -2.34. The minimum atomic E-state index is -5.43. The van der Waals surface area contributed by atoms with Crippen LogP contribution in [0.3, 0.4) is 0 Å². The van der Waals surface area contributed by atoms with Crippen LogP contribution in [0, 0.1) is 0 Å². The van der Waals surface area contributed by atoms with Gasteiger partial charge in [0.25, 0.3) is 11.8 Å². The zero-order valence-electron chi connectivity index (χ0n) is 13.6. The SMILES string of the molecule is Cn1nc(C(F)(F)F)c(C(=O)ON2C(=O)c3ccccc3C2=O)c1C(F)(F)F. The molecule has 1 aliphatic heterocycles. The van der Waals surface area contributed by atoms with Crippen LogP contribution < -0.4 is 0 Å². The second-order valence-corrected chi connectivity index (χ2v) is 5.52. The van der Waals surface area contributed by atoms with E-state index in [4.69, 9.17) is 0 Å². The third-order valence-corrected chi connectivity index (χ3v) is 3.72. The molecule has 0 saturated heterocycles. The van der Waals surface area contributed by atoms with E-state index < -0.39 is 47.1 Å². The van der Waals surface area contributed by atoms with Crippen molar-refractivity contribution in [1.82, 2.24) is 14.8 Å². The molecule has 0 saturated carbocycles. The number of alkyl halides is 6. The minimum absolute atomic E-state index is 0.179. The number of nitrogens with zero attached hydrogens (tertiary/aromatic N) is 3. The quantitative estimate of drug-likeness (QED) is 0.565. The third-order valence-electron chi connectivity index (χ3n) is 3.72. The van der Waals surface area contributed by atoms with Crippen LogP contribution in [0.5, 0.6) is 0 Å². The molecule has 2 heterocycles. The highest BCUT2D eigenvalue weighted by Gasteiger charge is 2.50. The van der Waals surface area contributed by atoms with Crippen molar-refractivity contribution in [3.63, 3.8) is 0 Å². The van der Waals surface area contributed by atoms with Crippen LogP contribution in [-0.2, 0) is 24.2 Å². The second kappa shape index (κ2) is 6.07. The smallest absolute Gasteiger partial charge is 0.324 e. The highest BCUT2D eigenvalue weighted by Crippen LogP contribution is 2.39. The summed E-state index contributed by atoms with van der Waals surface area (Å²) in [7, 11) is 0.552.